The second kappa shape index (κ2) is 3.01. The van der Waals surface area contributed by atoms with Crippen LogP contribution in [0.4, 0.5) is 0 Å². The average molecular weight is 162 g/mol. The Balaban J connectivity index is 3.26. The van der Waals surface area contributed by atoms with E-state index in [-0.39, 0.29) is 11.4 Å². The molecule has 0 bridgehead atoms. The first-order valence-electron chi connectivity index (χ1n) is 3.25. The van der Waals surface area contributed by atoms with Gasteiger partial charge < -0.3 is 5.11 Å². The van der Waals surface area contributed by atoms with Gasteiger partial charge in [-0.3, -0.25) is 0 Å². The van der Waals surface area contributed by atoms with E-state index in [1.54, 1.807) is 13.0 Å². The summed E-state index contributed by atoms with van der Waals surface area (Å²) in [5, 5.41) is 17.0. The maximum Gasteiger partial charge on any atom is 0.354 e. The molecule has 0 saturated carbocycles. The van der Waals surface area contributed by atoms with Crippen LogP contribution in [0.5, 0.6) is 0 Å². The minimum atomic E-state index is -1.12. The van der Waals surface area contributed by atoms with E-state index >= 15 is 0 Å². The van der Waals surface area contributed by atoms with Crippen molar-refractivity contribution in [2.24, 2.45) is 0 Å². The third-order valence-electron chi connectivity index (χ3n) is 1.30. The van der Waals surface area contributed by atoms with Crippen molar-refractivity contribution in [3.05, 3.63) is 29.1 Å². The Hall–Kier alpha value is -1.89. The van der Waals surface area contributed by atoms with E-state index in [1.165, 1.54) is 12.1 Å². The minimum Gasteiger partial charge on any atom is -0.477 e. The lowest BCUT2D eigenvalue weighted by Gasteiger charge is -1.96. The number of carbonyl (C=O) groups is 1. The summed E-state index contributed by atoms with van der Waals surface area (Å²) >= 11 is 0. The summed E-state index contributed by atoms with van der Waals surface area (Å²) in [6, 6.07) is 4.74. The lowest BCUT2D eigenvalue weighted by Crippen LogP contribution is -2.02. The molecule has 1 rings (SSSR count). The summed E-state index contributed by atoms with van der Waals surface area (Å²) in [6.07, 6.45) is 0. The third-order valence-corrected chi connectivity index (χ3v) is 1.30. The number of rotatable bonds is 1. The molecule has 0 aromatic carbocycles. The number of hydrogen-bond acceptors (Lipinski definition) is 3. The highest BCUT2D eigenvalue weighted by Crippen LogP contribution is 2.03. The molecule has 0 unspecified atom stereocenters. The van der Waals surface area contributed by atoms with Gasteiger partial charge in [0.05, 0.1) is 0 Å². The molecule has 0 radical (unpaired) electrons. The van der Waals surface area contributed by atoms with Gasteiger partial charge in [-0.1, -0.05) is 0 Å². The van der Waals surface area contributed by atoms with Crippen molar-refractivity contribution in [2.45, 2.75) is 6.92 Å². The summed E-state index contributed by atoms with van der Waals surface area (Å²) in [7, 11) is 0. The number of carboxylic acid groups (broad SMARTS) is 1. The van der Waals surface area contributed by atoms with Crippen molar-refractivity contribution in [1.82, 2.24) is 4.98 Å². The van der Waals surface area contributed by atoms with Crippen LogP contribution in [0.2, 0.25) is 0 Å². The van der Waals surface area contributed by atoms with Gasteiger partial charge in [0.15, 0.2) is 0 Å². The van der Waals surface area contributed by atoms with Crippen LogP contribution in [0, 0.1) is 18.3 Å². The molecule has 1 aromatic rings. The molecule has 60 valence electrons. The van der Waals surface area contributed by atoms with Crippen LogP contribution < -0.4 is 0 Å². The lowest BCUT2D eigenvalue weighted by atomic mass is 10.2. The molecule has 0 amide bonds. The predicted molar refractivity (Wildman–Crippen MR) is 40.6 cm³/mol. The Morgan fingerprint density at radius 2 is 2.33 bits per heavy atom. The van der Waals surface area contributed by atoms with Gasteiger partial charge in [-0.25, -0.2) is 9.78 Å². The molecule has 0 spiro atoms. The number of aromatic nitrogens is 1. The summed E-state index contributed by atoms with van der Waals surface area (Å²) in [6.45, 7) is 1.72. The second-order valence-electron chi connectivity index (χ2n) is 2.33. The van der Waals surface area contributed by atoms with Crippen LogP contribution in [0.1, 0.15) is 21.7 Å². The first kappa shape index (κ1) is 8.21. The number of aryl methyl sites for hydroxylation is 1. The highest BCUT2D eigenvalue weighted by Gasteiger charge is 2.06. The van der Waals surface area contributed by atoms with Gasteiger partial charge in [-0.15, -0.1) is 0 Å². The summed E-state index contributed by atoms with van der Waals surface area (Å²) in [4.78, 5) is 14.0. The fourth-order valence-electron chi connectivity index (χ4n) is 0.834. The average Bonchev–Trinajstić information content (AvgIpc) is 2.03. The maximum absolute atomic E-state index is 10.4. The SMILES string of the molecule is Cc1cc(C#N)nc(C(=O)O)c1. The molecule has 0 aliphatic carbocycles. The molecule has 1 N–H and O–H groups in total. The van der Waals surface area contributed by atoms with Gasteiger partial charge in [0, 0.05) is 0 Å². The third kappa shape index (κ3) is 1.58. The van der Waals surface area contributed by atoms with Crippen molar-refractivity contribution < 1.29 is 9.90 Å². The van der Waals surface area contributed by atoms with E-state index in [4.69, 9.17) is 10.4 Å². The van der Waals surface area contributed by atoms with Crippen molar-refractivity contribution >= 4 is 5.97 Å². The number of aromatic carboxylic acids is 1. The molecule has 0 aliphatic rings. The molecular weight excluding hydrogens is 156 g/mol. The molecule has 1 heterocycles. The van der Waals surface area contributed by atoms with Crippen LogP contribution in [-0.2, 0) is 0 Å². The minimum absolute atomic E-state index is 0.0912. The number of carboxylic acids is 1. The number of pyridine rings is 1. The highest BCUT2D eigenvalue weighted by molar-refractivity contribution is 5.85. The maximum atomic E-state index is 10.4. The predicted octanol–water partition coefficient (Wildman–Crippen LogP) is 0.960. The monoisotopic (exact) mass is 162 g/mol. The Labute approximate surface area is 69.1 Å². The van der Waals surface area contributed by atoms with Crippen molar-refractivity contribution in [3.63, 3.8) is 0 Å². The molecule has 1 aromatic heterocycles. The summed E-state index contributed by atoms with van der Waals surface area (Å²) in [5.74, 6) is -1.12. The van der Waals surface area contributed by atoms with Gasteiger partial charge in [0.2, 0.25) is 0 Å². The summed E-state index contributed by atoms with van der Waals surface area (Å²) in [5.41, 5.74) is 0.762. The number of nitrogens with zero attached hydrogens (tertiary/aromatic N) is 2. The molecule has 0 saturated heterocycles. The quantitative estimate of drug-likeness (QED) is 0.667. The van der Waals surface area contributed by atoms with E-state index in [0.29, 0.717) is 0 Å². The number of hydrogen-bond donors (Lipinski definition) is 1. The highest BCUT2D eigenvalue weighted by atomic mass is 16.4. The van der Waals surface area contributed by atoms with E-state index in [9.17, 15) is 4.79 Å². The van der Waals surface area contributed by atoms with Crippen LogP contribution in [0.3, 0.4) is 0 Å². The van der Waals surface area contributed by atoms with Crippen molar-refractivity contribution in [2.75, 3.05) is 0 Å². The summed E-state index contributed by atoms with van der Waals surface area (Å²) < 4.78 is 0. The normalized spacial score (nSPS) is 9.00. The fourth-order valence-corrected chi connectivity index (χ4v) is 0.834. The van der Waals surface area contributed by atoms with E-state index < -0.39 is 5.97 Å². The standard InChI is InChI=1S/C8H6N2O2/c1-5-2-6(4-9)10-7(3-5)8(11)12/h2-3H,1H3,(H,11,12). The van der Waals surface area contributed by atoms with E-state index in [0.717, 1.165) is 5.56 Å². The van der Waals surface area contributed by atoms with Gasteiger partial charge in [-0.2, -0.15) is 5.26 Å². The topological polar surface area (TPSA) is 74.0 Å². The lowest BCUT2D eigenvalue weighted by molar-refractivity contribution is 0.0690. The van der Waals surface area contributed by atoms with Crippen molar-refractivity contribution in [1.29, 1.82) is 5.26 Å². The second-order valence-corrected chi connectivity index (χ2v) is 2.33. The van der Waals surface area contributed by atoms with Crippen LogP contribution in [0.15, 0.2) is 12.1 Å². The zero-order valence-corrected chi connectivity index (χ0v) is 6.40. The van der Waals surface area contributed by atoms with Gasteiger partial charge in [-0.05, 0) is 24.6 Å². The Bertz CT molecular complexity index is 366. The van der Waals surface area contributed by atoms with E-state index in [1.807, 2.05) is 0 Å². The smallest absolute Gasteiger partial charge is 0.354 e. The van der Waals surface area contributed by atoms with Gasteiger partial charge in [0.1, 0.15) is 17.5 Å². The Morgan fingerprint density at radius 3 is 2.83 bits per heavy atom. The molecule has 4 heteroatoms. The Kier molecular flexibility index (Phi) is 2.06. The molecular formula is C8H6N2O2. The van der Waals surface area contributed by atoms with Gasteiger partial charge >= 0.3 is 5.97 Å². The molecule has 12 heavy (non-hydrogen) atoms. The Morgan fingerprint density at radius 1 is 1.67 bits per heavy atom. The first-order valence-corrected chi connectivity index (χ1v) is 3.25. The first-order chi connectivity index (χ1) is 5.63. The number of nitriles is 1. The molecule has 0 atom stereocenters. The molecule has 0 fully saturated rings. The zero-order chi connectivity index (χ0) is 9.14. The fraction of sp³-hybridized carbons (Fsp3) is 0.125. The van der Waals surface area contributed by atoms with Crippen LogP contribution in [0.25, 0.3) is 0 Å². The van der Waals surface area contributed by atoms with Gasteiger partial charge in [0.25, 0.3) is 0 Å². The molecule has 4 nitrogen and oxygen atoms in total. The largest absolute Gasteiger partial charge is 0.477 e. The molecule has 0 aliphatic heterocycles. The van der Waals surface area contributed by atoms with Crippen LogP contribution >= 0.6 is 0 Å². The van der Waals surface area contributed by atoms with E-state index in [2.05, 4.69) is 4.98 Å². The van der Waals surface area contributed by atoms with Crippen LogP contribution in [-0.4, -0.2) is 16.1 Å². The zero-order valence-electron chi connectivity index (χ0n) is 6.40. The van der Waals surface area contributed by atoms with Crippen molar-refractivity contribution in [3.8, 4) is 6.07 Å².